The molecule has 0 aliphatic heterocycles. The molecule has 25 heavy (non-hydrogen) atoms. The zero-order chi connectivity index (χ0) is 19.0. The van der Waals surface area contributed by atoms with Gasteiger partial charge >= 0.3 is 0 Å². The predicted molar refractivity (Wildman–Crippen MR) is 107 cm³/mol. The van der Waals surface area contributed by atoms with Gasteiger partial charge in [0.25, 0.3) is 0 Å². The Kier molecular flexibility index (Phi) is 8.97. The summed E-state index contributed by atoms with van der Waals surface area (Å²) in [6.07, 6.45) is 0.946. The minimum atomic E-state index is 0.295. The molecule has 0 fully saturated rings. The first kappa shape index (κ1) is 21.5. The molecule has 144 valence electrons. The van der Waals surface area contributed by atoms with Gasteiger partial charge in [-0.05, 0) is 59.7 Å². The van der Waals surface area contributed by atoms with Crippen LogP contribution in [-0.2, 0) is 13.5 Å². The number of likely N-dealkylation sites (N-methyl/N-ethyl adjacent to an activating group) is 1. The van der Waals surface area contributed by atoms with Gasteiger partial charge in [-0.2, -0.15) is 5.10 Å². The highest BCUT2D eigenvalue weighted by atomic mass is 15.3. The van der Waals surface area contributed by atoms with Gasteiger partial charge in [-0.3, -0.25) is 14.6 Å². The van der Waals surface area contributed by atoms with E-state index in [1.165, 1.54) is 11.3 Å². The first-order chi connectivity index (χ1) is 11.8. The van der Waals surface area contributed by atoms with Crippen LogP contribution in [0.2, 0.25) is 0 Å². The lowest BCUT2D eigenvalue weighted by molar-refractivity contribution is 0.237. The standard InChI is InChI=1S/C19H38N6/c1-9-20-19(21-13-15(5)25(10-2)11-3)22-14(4)12-18-16(6)23-24(8)17(18)7/h14-15H,9-13H2,1-8H3,(H2,20,21,22). The van der Waals surface area contributed by atoms with E-state index in [1.807, 2.05) is 11.7 Å². The molecule has 0 spiro atoms. The SMILES string of the molecule is CCNC(=NCC(C)N(CC)CC)NC(C)Cc1c(C)nn(C)c1C. The summed E-state index contributed by atoms with van der Waals surface area (Å²) in [5.41, 5.74) is 3.68. The topological polar surface area (TPSA) is 57.5 Å². The summed E-state index contributed by atoms with van der Waals surface area (Å²) in [6, 6.07) is 0.742. The van der Waals surface area contributed by atoms with E-state index in [4.69, 9.17) is 4.99 Å². The highest BCUT2D eigenvalue weighted by Gasteiger charge is 2.14. The van der Waals surface area contributed by atoms with Crippen LogP contribution in [-0.4, -0.2) is 58.9 Å². The second kappa shape index (κ2) is 10.4. The fourth-order valence-electron chi connectivity index (χ4n) is 3.21. The number of aromatic nitrogens is 2. The number of nitrogens with one attached hydrogen (secondary N) is 2. The Bertz CT molecular complexity index is 544. The normalized spacial score (nSPS) is 14.7. The summed E-state index contributed by atoms with van der Waals surface area (Å²) in [6.45, 7) is 19.0. The highest BCUT2D eigenvalue weighted by molar-refractivity contribution is 5.80. The van der Waals surface area contributed by atoms with Gasteiger partial charge in [-0.25, -0.2) is 0 Å². The second-order valence-corrected chi connectivity index (χ2v) is 6.81. The number of nitrogens with zero attached hydrogens (tertiary/aromatic N) is 4. The van der Waals surface area contributed by atoms with Crippen LogP contribution in [0.15, 0.2) is 4.99 Å². The third-order valence-corrected chi connectivity index (χ3v) is 4.85. The Hall–Kier alpha value is -1.56. The van der Waals surface area contributed by atoms with Gasteiger partial charge in [0.05, 0.1) is 12.2 Å². The second-order valence-electron chi connectivity index (χ2n) is 6.81. The van der Waals surface area contributed by atoms with Crippen LogP contribution in [0, 0.1) is 13.8 Å². The minimum absolute atomic E-state index is 0.295. The van der Waals surface area contributed by atoms with Crippen molar-refractivity contribution in [2.75, 3.05) is 26.2 Å². The Balaban J connectivity index is 2.71. The van der Waals surface area contributed by atoms with Crippen molar-refractivity contribution in [1.82, 2.24) is 25.3 Å². The number of aryl methyl sites for hydroxylation is 2. The van der Waals surface area contributed by atoms with Gasteiger partial charge in [0.1, 0.15) is 0 Å². The van der Waals surface area contributed by atoms with Crippen molar-refractivity contribution in [3.05, 3.63) is 17.0 Å². The first-order valence-corrected chi connectivity index (χ1v) is 9.61. The van der Waals surface area contributed by atoms with E-state index in [0.29, 0.717) is 12.1 Å². The fraction of sp³-hybridized carbons (Fsp3) is 0.789. The van der Waals surface area contributed by atoms with E-state index in [0.717, 1.165) is 44.3 Å². The highest BCUT2D eigenvalue weighted by Crippen LogP contribution is 2.14. The molecular weight excluding hydrogens is 312 g/mol. The van der Waals surface area contributed by atoms with Crippen molar-refractivity contribution in [3.8, 4) is 0 Å². The van der Waals surface area contributed by atoms with Crippen LogP contribution in [0.1, 0.15) is 51.6 Å². The lowest BCUT2D eigenvalue weighted by atomic mass is 10.1. The molecule has 2 unspecified atom stereocenters. The van der Waals surface area contributed by atoms with E-state index in [1.54, 1.807) is 0 Å². The Morgan fingerprint density at radius 3 is 2.32 bits per heavy atom. The van der Waals surface area contributed by atoms with Crippen LogP contribution in [0.3, 0.4) is 0 Å². The maximum atomic E-state index is 4.79. The average molecular weight is 351 g/mol. The molecule has 0 aromatic carbocycles. The lowest BCUT2D eigenvalue weighted by Crippen LogP contribution is -2.44. The molecule has 0 aliphatic rings. The Morgan fingerprint density at radius 1 is 1.20 bits per heavy atom. The van der Waals surface area contributed by atoms with Crippen molar-refractivity contribution in [2.24, 2.45) is 12.0 Å². The number of aliphatic imine (C=N–C) groups is 1. The number of hydrogen-bond acceptors (Lipinski definition) is 3. The Labute approximate surface area is 154 Å². The van der Waals surface area contributed by atoms with Crippen molar-refractivity contribution < 1.29 is 0 Å². The summed E-state index contributed by atoms with van der Waals surface area (Å²) in [7, 11) is 2.00. The minimum Gasteiger partial charge on any atom is -0.357 e. The molecule has 1 aromatic rings. The molecule has 0 bridgehead atoms. The van der Waals surface area contributed by atoms with E-state index < -0.39 is 0 Å². The predicted octanol–water partition coefficient (Wildman–Crippen LogP) is 2.25. The smallest absolute Gasteiger partial charge is 0.191 e. The molecule has 6 nitrogen and oxygen atoms in total. The molecule has 1 rings (SSSR count). The van der Waals surface area contributed by atoms with Crippen molar-refractivity contribution in [2.45, 2.75) is 67.0 Å². The van der Waals surface area contributed by atoms with Gasteiger partial charge in [-0.15, -0.1) is 0 Å². The summed E-state index contributed by atoms with van der Waals surface area (Å²) in [5.74, 6) is 0.896. The van der Waals surface area contributed by atoms with Crippen LogP contribution in [0.25, 0.3) is 0 Å². The third-order valence-electron chi connectivity index (χ3n) is 4.85. The molecule has 2 N–H and O–H groups in total. The molecule has 0 saturated heterocycles. The molecule has 0 radical (unpaired) electrons. The number of rotatable bonds is 9. The monoisotopic (exact) mass is 350 g/mol. The van der Waals surface area contributed by atoms with E-state index in [2.05, 4.69) is 69.1 Å². The van der Waals surface area contributed by atoms with Crippen LogP contribution in [0.4, 0.5) is 0 Å². The molecule has 0 aliphatic carbocycles. The molecular formula is C19H38N6. The van der Waals surface area contributed by atoms with Crippen LogP contribution in [0.5, 0.6) is 0 Å². The van der Waals surface area contributed by atoms with Crippen molar-refractivity contribution >= 4 is 5.96 Å². The third kappa shape index (κ3) is 6.34. The van der Waals surface area contributed by atoms with E-state index in [9.17, 15) is 0 Å². The molecule has 6 heteroatoms. The summed E-state index contributed by atoms with van der Waals surface area (Å²) in [4.78, 5) is 7.22. The Morgan fingerprint density at radius 2 is 1.84 bits per heavy atom. The van der Waals surface area contributed by atoms with Gasteiger partial charge in [-0.1, -0.05) is 13.8 Å². The van der Waals surface area contributed by atoms with Crippen molar-refractivity contribution in [3.63, 3.8) is 0 Å². The maximum Gasteiger partial charge on any atom is 0.191 e. The van der Waals surface area contributed by atoms with Gasteiger partial charge < -0.3 is 10.6 Å². The molecule has 2 atom stereocenters. The quantitative estimate of drug-likeness (QED) is 0.530. The molecule has 1 heterocycles. The summed E-state index contributed by atoms with van der Waals surface area (Å²) >= 11 is 0. The van der Waals surface area contributed by atoms with Crippen LogP contribution >= 0.6 is 0 Å². The molecule has 0 amide bonds. The summed E-state index contributed by atoms with van der Waals surface area (Å²) < 4.78 is 1.96. The maximum absolute atomic E-state index is 4.79. The van der Waals surface area contributed by atoms with Gasteiger partial charge in [0, 0.05) is 31.4 Å². The number of guanidine groups is 1. The average Bonchev–Trinajstić information content (AvgIpc) is 2.80. The molecule has 1 aromatic heterocycles. The zero-order valence-corrected chi connectivity index (χ0v) is 17.5. The summed E-state index contributed by atoms with van der Waals surface area (Å²) in [5, 5.41) is 11.4. The largest absolute Gasteiger partial charge is 0.357 e. The number of hydrogen-bond donors (Lipinski definition) is 2. The van der Waals surface area contributed by atoms with Crippen molar-refractivity contribution in [1.29, 1.82) is 0 Å². The van der Waals surface area contributed by atoms with Gasteiger partial charge in [0.15, 0.2) is 5.96 Å². The van der Waals surface area contributed by atoms with Gasteiger partial charge in [0.2, 0.25) is 0 Å². The lowest BCUT2D eigenvalue weighted by Gasteiger charge is -2.25. The first-order valence-electron chi connectivity index (χ1n) is 9.61. The van der Waals surface area contributed by atoms with E-state index in [-0.39, 0.29) is 0 Å². The van der Waals surface area contributed by atoms with Crippen LogP contribution < -0.4 is 10.6 Å². The molecule has 0 saturated carbocycles. The fourth-order valence-corrected chi connectivity index (χ4v) is 3.21. The zero-order valence-electron chi connectivity index (χ0n) is 17.5. The van der Waals surface area contributed by atoms with E-state index >= 15 is 0 Å².